The van der Waals surface area contributed by atoms with Crippen LogP contribution in [0.15, 0.2) is 11.4 Å². The molecule has 3 rings (SSSR count). The van der Waals surface area contributed by atoms with Crippen LogP contribution in [0.1, 0.15) is 33.1 Å². The Balaban J connectivity index is 1.88. The second-order valence-corrected chi connectivity index (χ2v) is 6.71. The number of nitrogens with zero attached hydrogens (tertiary/aromatic N) is 2. The van der Waals surface area contributed by atoms with Crippen molar-refractivity contribution in [3.8, 4) is 0 Å². The minimum absolute atomic E-state index is 0.352. The SMILES string of the molecule is CC1(C)CCC(Nc2nc(N)nc3sccc23)C1. The first-order valence-corrected chi connectivity index (χ1v) is 7.19. The molecule has 96 valence electrons. The number of hydrogen-bond acceptors (Lipinski definition) is 5. The van der Waals surface area contributed by atoms with Crippen LogP contribution in [0.25, 0.3) is 10.2 Å². The van der Waals surface area contributed by atoms with Crippen molar-refractivity contribution < 1.29 is 0 Å². The smallest absolute Gasteiger partial charge is 0.223 e. The van der Waals surface area contributed by atoms with E-state index in [9.17, 15) is 0 Å². The van der Waals surface area contributed by atoms with Crippen LogP contribution in [0.5, 0.6) is 0 Å². The van der Waals surface area contributed by atoms with Crippen LogP contribution < -0.4 is 11.1 Å². The first kappa shape index (κ1) is 11.7. The van der Waals surface area contributed by atoms with E-state index in [2.05, 4.69) is 35.2 Å². The molecule has 0 aliphatic heterocycles. The number of hydrogen-bond donors (Lipinski definition) is 2. The van der Waals surface area contributed by atoms with Crippen LogP contribution in [-0.4, -0.2) is 16.0 Å². The third-order valence-electron chi connectivity index (χ3n) is 3.65. The van der Waals surface area contributed by atoms with E-state index in [-0.39, 0.29) is 0 Å². The van der Waals surface area contributed by atoms with Crippen LogP contribution in [0.3, 0.4) is 0 Å². The summed E-state index contributed by atoms with van der Waals surface area (Å²) in [7, 11) is 0. The fraction of sp³-hybridized carbons (Fsp3) is 0.538. The summed E-state index contributed by atoms with van der Waals surface area (Å²) in [6.07, 6.45) is 3.64. The van der Waals surface area contributed by atoms with Gasteiger partial charge in [0, 0.05) is 6.04 Å². The Hall–Kier alpha value is -1.36. The maximum atomic E-state index is 5.76. The van der Waals surface area contributed by atoms with E-state index in [0.717, 1.165) is 16.0 Å². The van der Waals surface area contributed by atoms with Crippen molar-refractivity contribution in [2.45, 2.75) is 39.2 Å². The zero-order valence-corrected chi connectivity index (χ0v) is 11.5. The molecule has 0 spiro atoms. The second kappa shape index (κ2) is 4.09. The lowest BCUT2D eigenvalue weighted by atomic mass is 9.92. The number of thiophene rings is 1. The molecule has 1 fully saturated rings. The number of nitrogen functional groups attached to an aromatic ring is 1. The monoisotopic (exact) mass is 262 g/mol. The van der Waals surface area contributed by atoms with Gasteiger partial charge in [0.1, 0.15) is 10.6 Å². The summed E-state index contributed by atoms with van der Waals surface area (Å²) in [5.41, 5.74) is 6.19. The molecule has 2 aromatic rings. The zero-order valence-electron chi connectivity index (χ0n) is 10.7. The van der Waals surface area contributed by atoms with Crippen LogP contribution >= 0.6 is 11.3 Å². The molecular weight excluding hydrogens is 244 g/mol. The van der Waals surface area contributed by atoms with E-state index in [1.54, 1.807) is 11.3 Å². The Morgan fingerprint density at radius 1 is 1.44 bits per heavy atom. The number of aromatic nitrogens is 2. The second-order valence-electron chi connectivity index (χ2n) is 5.82. The lowest BCUT2D eigenvalue weighted by Gasteiger charge is -2.18. The van der Waals surface area contributed by atoms with E-state index in [4.69, 9.17) is 5.73 Å². The summed E-state index contributed by atoms with van der Waals surface area (Å²) >= 11 is 1.60. The quantitative estimate of drug-likeness (QED) is 0.872. The topological polar surface area (TPSA) is 63.8 Å². The molecule has 0 saturated heterocycles. The zero-order chi connectivity index (χ0) is 12.8. The fourth-order valence-corrected chi connectivity index (χ4v) is 3.51. The summed E-state index contributed by atoms with van der Waals surface area (Å²) in [6, 6.07) is 2.56. The Kier molecular flexibility index (Phi) is 2.66. The molecule has 0 aromatic carbocycles. The highest BCUT2D eigenvalue weighted by Gasteiger charge is 2.31. The van der Waals surface area contributed by atoms with Crippen molar-refractivity contribution in [3.05, 3.63) is 11.4 Å². The summed E-state index contributed by atoms with van der Waals surface area (Å²) in [5, 5.41) is 6.65. The Morgan fingerprint density at radius 2 is 2.28 bits per heavy atom. The molecule has 1 aliphatic rings. The molecule has 4 nitrogen and oxygen atoms in total. The third-order valence-corrected chi connectivity index (χ3v) is 4.46. The molecule has 2 heterocycles. The third kappa shape index (κ3) is 2.14. The standard InChI is InChI=1S/C13H18N4S/c1-13(2)5-3-8(7-13)15-10-9-4-6-18-11(9)17-12(14)16-10/h4,6,8H,3,5,7H2,1-2H3,(H3,14,15,16,17). The minimum Gasteiger partial charge on any atom is -0.368 e. The molecule has 1 aliphatic carbocycles. The normalized spacial score (nSPS) is 22.4. The maximum Gasteiger partial charge on any atom is 0.223 e. The fourth-order valence-electron chi connectivity index (χ4n) is 2.73. The van der Waals surface area contributed by atoms with Crippen LogP contribution in [0.2, 0.25) is 0 Å². The van der Waals surface area contributed by atoms with Crippen LogP contribution in [-0.2, 0) is 0 Å². The molecule has 5 heteroatoms. The van der Waals surface area contributed by atoms with Crippen molar-refractivity contribution in [1.82, 2.24) is 9.97 Å². The van der Waals surface area contributed by atoms with Gasteiger partial charge in [-0.15, -0.1) is 11.3 Å². The molecule has 1 atom stereocenters. The first-order valence-electron chi connectivity index (χ1n) is 6.31. The van der Waals surface area contributed by atoms with E-state index in [1.807, 2.05) is 5.38 Å². The molecule has 1 unspecified atom stereocenters. The average molecular weight is 262 g/mol. The van der Waals surface area contributed by atoms with Crippen molar-refractivity contribution in [2.75, 3.05) is 11.1 Å². The average Bonchev–Trinajstić information content (AvgIpc) is 2.84. The summed E-state index contributed by atoms with van der Waals surface area (Å²) in [6.45, 7) is 4.65. The van der Waals surface area contributed by atoms with Gasteiger partial charge in [-0.2, -0.15) is 4.98 Å². The van der Waals surface area contributed by atoms with Crippen LogP contribution in [0, 0.1) is 5.41 Å². The van der Waals surface area contributed by atoms with Crippen molar-refractivity contribution in [1.29, 1.82) is 0 Å². The van der Waals surface area contributed by atoms with E-state index in [0.29, 0.717) is 17.4 Å². The number of nitrogens with two attached hydrogens (primary N) is 1. The lowest BCUT2D eigenvalue weighted by molar-refractivity contribution is 0.378. The van der Waals surface area contributed by atoms with Gasteiger partial charge in [-0.05, 0) is 36.1 Å². The first-order chi connectivity index (χ1) is 8.53. The molecule has 3 N–H and O–H groups in total. The van der Waals surface area contributed by atoms with Gasteiger partial charge in [0.05, 0.1) is 5.39 Å². The van der Waals surface area contributed by atoms with Gasteiger partial charge in [-0.3, -0.25) is 0 Å². The number of rotatable bonds is 2. The molecular formula is C13H18N4S. The molecule has 2 aromatic heterocycles. The van der Waals surface area contributed by atoms with Crippen molar-refractivity contribution >= 4 is 33.3 Å². The molecule has 18 heavy (non-hydrogen) atoms. The van der Waals surface area contributed by atoms with Crippen LogP contribution in [0.4, 0.5) is 11.8 Å². The number of nitrogens with one attached hydrogen (secondary N) is 1. The molecule has 1 saturated carbocycles. The van der Waals surface area contributed by atoms with Gasteiger partial charge >= 0.3 is 0 Å². The summed E-state index contributed by atoms with van der Waals surface area (Å²) in [4.78, 5) is 9.55. The van der Waals surface area contributed by atoms with Crippen molar-refractivity contribution in [3.63, 3.8) is 0 Å². The van der Waals surface area contributed by atoms with E-state index < -0.39 is 0 Å². The lowest BCUT2D eigenvalue weighted by Crippen LogP contribution is -2.18. The highest BCUT2D eigenvalue weighted by Crippen LogP contribution is 2.39. The van der Waals surface area contributed by atoms with Crippen molar-refractivity contribution in [2.24, 2.45) is 5.41 Å². The maximum absolute atomic E-state index is 5.76. The summed E-state index contributed by atoms with van der Waals surface area (Å²) in [5.74, 6) is 1.24. The Morgan fingerprint density at radius 3 is 3.00 bits per heavy atom. The largest absolute Gasteiger partial charge is 0.368 e. The van der Waals surface area contributed by atoms with Gasteiger partial charge < -0.3 is 11.1 Å². The van der Waals surface area contributed by atoms with E-state index in [1.165, 1.54) is 19.3 Å². The van der Waals surface area contributed by atoms with Gasteiger partial charge in [0.2, 0.25) is 5.95 Å². The van der Waals surface area contributed by atoms with Gasteiger partial charge in [0.25, 0.3) is 0 Å². The Labute approximate surface area is 111 Å². The summed E-state index contributed by atoms with van der Waals surface area (Å²) < 4.78 is 0. The predicted octanol–water partition coefficient (Wildman–Crippen LogP) is 3.26. The predicted molar refractivity (Wildman–Crippen MR) is 76.9 cm³/mol. The van der Waals surface area contributed by atoms with Gasteiger partial charge in [0.15, 0.2) is 0 Å². The number of anilines is 2. The Bertz CT molecular complexity index is 575. The highest BCUT2D eigenvalue weighted by atomic mass is 32.1. The number of fused-ring (bicyclic) bond motifs is 1. The van der Waals surface area contributed by atoms with Gasteiger partial charge in [-0.25, -0.2) is 4.98 Å². The van der Waals surface area contributed by atoms with Gasteiger partial charge in [-0.1, -0.05) is 13.8 Å². The highest BCUT2D eigenvalue weighted by molar-refractivity contribution is 7.16. The minimum atomic E-state index is 0.352. The molecule has 0 amide bonds. The molecule has 0 radical (unpaired) electrons. The molecule has 0 bridgehead atoms. The van der Waals surface area contributed by atoms with E-state index >= 15 is 0 Å².